The number of rotatable bonds is 7. The van der Waals surface area contributed by atoms with E-state index in [-0.39, 0.29) is 6.61 Å². The normalized spacial score (nSPS) is 10.8. The summed E-state index contributed by atoms with van der Waals surface area (Å²) >= 11 is 13.5. The molecule has 0 aromatic heterocycles. The highest BCUT2D eigenvalue weighted by Gasteiger charge is 2.12. The molecule has 0 fully saturated rings. The van der Waals surface area contributed by atoms with Gasteiger partial charge in [0.25, 0.3) is 5.91 Å². The maximum atomic E-state index is 12.3. The van der Waals surface area contributed by atoms with Gasteiger partial charge < -0.3 is 9.47 Å². The van der Waals surface area contributed by atoms with E-state index in [1.807, 2.05) is 18.2 Å². The molecule has 0 atom stereocenters. The molecule has 6 nitrogen and oxygen atoms in total. The largest absolute Gasteiger partial charge is 0.481 e. The van der Waals surface area contributed by atoms with Crippen molar-refractivity contribution in [2.75, 3.05) is 6.61 Å². The van der Waals surface area contributed by atoms with Crippen LogP contribution in [0.1, 0.15) is 15.9 Å². The molecule has 3 rings (SSSR count). The van der Waals surface area contributed by atoms with E-state index in [1.54, 1.807) is 42.5 Å². The zero-order valence-electron chi connectivity index (χ0n) is 16.2. The highest BCUT2D eigenvalue weighted by Crippen LogP contribution is 2.36. The van der Waals surface area contributed by atoms with Crippen LogP contribution in [-0.4, -0.2) is 24.7 Å². The molecule has 0 spiro atoms. The lowest BCUT2D eigenvalue weighted by molar-refractivity contribution is -0.123. The van der Waals surface area contributed by atoms with Crippen molar-refractivity contribution in [1.82, 2.24) is 5.43 Å². The summed E-state index contributed by atoms with van der Waals surface area (Å²) in [4.78, 5) is 24.4. The summed E-state index contributed by atoms with van der Waals surface area (Å²) in [7, 11) is 0. The number of nitrogens with zero attached hydrogens (tertiary/aromatic N) is 1. The minimum absolute atomic E-state index is 0.222. The molecule has 1 N–H and O–H groups in total. The van der Waals surface area contributed by atoms with Crippen LogP contribution in [0.4, 0.5) is 0 Å². The molecule has 0 saturated carbocycles. The lowest BCUT2D eigenvalue weighted by Gasteiger charge is -2.10. The van der Waals surface area contributed by atoms with E-state index >= 15 is 0 Å². The zero-order chi connectivity index (χ0) is 23.1. The van der Waals surface area contributed by atoms with Gasteiger partial charge in [-0.15, -0.1) is 0 Å². The molecule has 0 heterocycles. The SMILES string of the molecule is O=C(COc1c(Br)cc(Br)cc1Br)N/N=C/c1cccc(OC(=O)c2ccccc2Br)c1. The van der Waals surface area contributed by atoms with Gasteiger partial charge in [0.2, 0.25) is 0 Å². The fraction of sp³-hybridized carbons (Fsp3) is 0.0455. The second kappa shape index (κ2) is 11.7. The van der Waals surface area contributed by atoms with Crippen LogP contribution in [0.15, 0.2) is 83.7 Å². The van der Waals surface area contributed by atoms with E-state index in [0.29, 0.717) is 36.0 Å². The minimum Gasteiger partial charge on any atom is -0.481 e. The quantitative estimate of drug-likeness (QED) is 0.133. The molecule has 0 aliphatic rings. The molecule has 32 heavy (non-hydrogen) atoms. The van der Waals surface area contributed by atoms with Crippen molar-refractivity contribution >= 4 is 81.8 Å². The molecule has 164 valence electrons. The van der Waals surface area contributed by atoms with Crippen molar-refractivity contribution in [2.24, 2.45) is 5.10 Å². The van der Waals surface area contributed by atoms with Gasteiger partial charge in [0.1, 0.15) is 11.5 Å². The molecule has 3 aromatic rings. The van der Waals surface area contributed by atoms with Gasteiger partial charge in [-0.1, -0.05) is 40.2 Å². The van der Waals surface area contributed by atoms with E-state index in [2.05, 4.69) is 74.2 Å². The van der Waals surface area contributed by atoms with Crippen molar-refractivity contribution in [3.8, 4) is 11.5 Å². The molecule has 0 saturated heterocycles. The number of esters is 1. The predicted molar refractivity (Wildman–Crippen MR) is 136 cm³/mol. The number of nitrogens with one attached hydrogen (secondary N) is 1. The lowest BCUT2D eigenvalue weighted by Crippen LogP contribution is -2.24. The number of amides is 1. The summed E-state index contributed by atoms with van der Waals surface area (Å²) in [6.07, 6.45) is 1.44. The average molecular weight is 690 g/mol. The molecular weight excluding hydrogens is 676 g/mol. The molecule has 1 amide bonds. The third-order valence-electron chi connectivity index (χ3n) is 3.88. The summed E-state index contributed by atoms with van der Waals surface area (Å²) in [6, 6.07) is 17.4. The Bertz CT molecular complexity index is 1160. The second-order valence-corrected chi connectivity index (χ2v) is 9.70. The van der Waals surface area contributed by atoms with Gasteiger partial charge in [0.05, 0.1) is 20.7 Å². The van der Waals surface area contributed by atoms with E-state index in [1.165, 1.54) is 6.21 Å². The molecular formula is C22H14Br4N2O4. The Morgan fingerprint density at radius 2 is 1.62 bits per heavy atom. The highest BCUT2D eigenvalue weighted by molar-refractivity contribution is 9.11. The first-order chi connectivity index (χ1) is 15.3. The predicted octanol–water partition coefficient (Wildman–Crippen LogP) is 6.48. The van der Waals surface area contributed by atoms with Crippen molar-refractivity contribution < 1.29 is 19.1 Å². The number of carbonyl (C=O) groups is 2. The Labute approximate surface area is 217 Å². The van der Waals surface area contributed by atoms with E-state index in [0.717, 1.165) is 4.47 Å². The first kappa shape index (κ1) is 24.6. The van der Waals surface area contributed by atoms with Crippen molar-refractivity contribution in [3.05, 3.63) is 89.7 Å². The van der Waals surface area contributed by atoms with Crippen LogP contribution >= 0.6 is 63.7 Å². The fourth-order valence-corrected chi connectivity index (χ4v) is 5.40. The number of hydrogen-bond donors (Lipinski definition) is 1. The van der Waals surface area contributed by atoms with Crippen molar-refractivity contribution in [2.45, 2.75) is 0 Å². The van der Waals surface area contributed by atoms with Crippen LogP contribution in [0.25, 0.3) is 0 Å². The molecule has 0 radical (unpaired) electrons. The fourth-order valence-electron chi connectivity index (χ4n) is 2.46. The van der Waals surface area contributed by atoms with Gasteiger partial charge in [0, 0.05) is 8.95 Å². The Hall–Kier alpha value is -2.01. The summed E-state index contributed by atoms with van der Waals surface area (Å²) in [5, 5.41) is 3.92. The van der Waals surface area contributed by atoms with Gasteiger partial charge in [-0.3, -0.25) is 4.79 Å². The number of halogens is 4. The lowest BCUT2D eigenvalue weighted by atomic mass is 10.2. The summed E-state index contributed by atoms with van der Waals surface area (Å²) in [6.45, 7) is -0.222. The summed E-state index contributed by atoms with van der Waals surface area (Å²) in [5.41, 5.74) is 3.46. The second-order valence-electron chi connectivity index (χ2n) is 6.22. The summed E-state index contributed by atoms with van der Waals surface area (Å²) in [5.74, 6) is -0.0528. The van der Waals surface area contributed by atoms with Crippen LogP contribution in [-0.2, 0) is 4.79 Å². The standard InChI is InChI=1S/C22H14Br4N2O4/c23-14-9-18(25)21(19(26)10-14)31-12-20(29)28-27-11-13-4-3-5-15(8-13)32-22(30)16-6-1-2-7-17(16)24/h1-11H,12H2,(H,28,29)/b27-11+. The molecule has 0 unspecified atom stereocenters. The number of benzene rings is 3. The topological polar surface area (TPSA) is 77.0 Å². The number of ether oxygens (including phenoxy) is 2. The third kappa shape index (κ3) is 6.99. The molecule has 0 aliphatic carbocycles. The van der Waals surface area contributed by atoms with Crippen LogP contribution in [0.5, 0.6) is 11.5 Å². The molecule has 10 heteroatoms. The maximum absolute atomic E-state index is 12.3. The summed E-state index contributed by atoms with van der Waals surface area (Å²) < 4.78 is 13.9. The van der Waals surface area contributed by atoms with Gasteiger partial charge in [-0.05, 0) is 89.8 Å². The van der Waals surface area contributed by atoms with Crippen LogP contribution in [0.2, 0.25) is 0 Å². The Kier molecular flexibility index (Phi) is 9.03. The number of carbonyl (C=O) groups excluding carboxylic acids is 2. The van der Waals surface area contributed by atoms with E-state index in [9.17, 15) is 9.59 Å². The average Bonchev–Trinajstić information content (AvgIpc) is 2.73. The van der Waals surface area contributed by atoms with Crippen LogP contribution in [0.3, 0.4) is 0 Å². The number of hydrazone groups is 1. The highest BCUT2D eigenvalue weighted by atomic mass is 79.9. The zero-order valence-corrected chi connectivity index (χ0v) is 22.5. The Balaban J connectivity index is 1.55. The smallest absolute Gasteiger partial charge is 0.344 e. The van der Waals surface area contributed by atoms with Crippen molar-refractivity contribution in [1.29, 1.82) is 0 Å². The molecule has 0 bridgehead atoms. The van der Waals surface area contributed by atoms with Gasteiger partial charge in [0.15, 0.2) is 6.61 Å². The minimum atomic E-state index is -0.484. The van der Waals surface area contributed by atoms with Gasteiger partial charge in [-0.25, -0.2) is 10.2 Å². The van der Waals surface area contributed by atoms with Crippen LogP contribution in [0, 0.1) is 0 Å². The third-order valence-corrected chi connectivity index (χ3v) is 6.20. The monoisotopic (exact) mass is 686 g/mol. The van der Waals surface area contributed by atoms with Gasteiger partial charge >= 0.3 is 5.97 Å². The molecule has 0 aliphatic heterocycles. The van der Waals surface area contributed by atoms with E-state index < -0.39 is 11.9 Å². The van der Waals surface area contributed by atoms with Crippen molar-refractivity contribution in [3.63, 3.8) is 0 Å². The Morgan fingerprint density at radius 1 is 0.906 bits per heavy atom. The molecule has 3 aromatic carbocycles. The maximum Gasteiger partial charge on any atom is 0.344 e. The van der Waals surface area contributed by atoms with E-state index in [4.69, 9.17) is 9.47 Å². The van der Waals surface area contributed by atoms with Gasteiger partial charge in [-0.2, -0.15) is 5.10 Å². The first-order valence-electron chi connectivity index (χ1n) is 8.99. The number of hydrogen-bond acceptors (Lipinski definition) is 5. The first-order valence-corrected chi connectivity index (χ1v) is 12.2. The Morgan fingerprint density at radius 3 is 2.34 bits per heavy atom. The van der Waals surface area contributed by atoms with Crippen LogP contribution < -0.4 is 14.9 Å².